The zero-order valence-electron chi connectivity index (χ0n) is 11.0. The van der Waals surface area contributed by atoms with Crippen LogP contribution in [0, 0.1) is 17.0 Å². The van der Waals surface area contributed by atoms with Gasteiger partial charge in [0.1, 0.15) is 5.69 Å². The summed E-state index contributed by atoms with van der Waals surface area (Å²) in [5, 5.41) is 14.0. The molecule has 2 aromatic rings. The highest BCUT2D eigenvalue weighted by atomic mass is 32.2. The maximum absolute atomic E-state index is 11.1. The summed E-state index contributed by atoms with van der Waals surface area (Å²) >= 11 is 1.58. The third kappa shape index (κ3) is 2.97. The number of aryl methyl sites for hydroxylation is 1. The maximum Gasteiger partial charge on any atom is 0.332 e. The van der Waals surface area contributed by atoms with Gasteiger partial charge >= 0.3 is 5.69 Å². The molecule has 0 saturated carbocycles. The Balaban J connectivity index is 2.44. The van der Waals surface area contributed by atoms with Crippen molar-refractivity contribution in [1.29, 1.82) is 0 Å². The number of hydrogen-bond acceptors (Lipinski definition) is 7. The number of nitrogens with one attached hydrogen (secondary N) is 1. The molecule has 1 heterocycles. The standard InChI is InChI=1S/C12H13N5O2S/c1-7-10(17(18)19)11(16-12(13)14-7)15-8-4-3-5-9(6-8)20-2/h3-6H,1-2H3,(H3,13,14,15,16). The third-order valence-electron chi connectivity index (χ3n) is 2.59. The Morgan fingerprint density at radius 3 is 2.80 bits per heavy atom. The fourth-order valence-electron chi connectivity index (χ4n) is 1.73. The van der Waals surface area contributed by atoms with Gasteiger partial charge in [-0.1, -0.05) is 6.07 Å². The summed E-state index contributed by atoms with van der Waals surface area (Å²) < 4.78 is 0. The second-order valence-corrected chi connectivity index (χ2v) is 4.86. The van der Waals surface area contributed by atoms with Crippen molar-refractivity contribution in [2.75, 3.05) is 17.3 Å². The van der Waals surface area contributed by atoms with Crippen LogP contribution >= 0.6 is 11.8 Å². The molecule has 0 aliphatic carbocycles. The summed E-state index contributed by atoms with van der Waals surface area (Å²) in [4.78, 5) is 19.4. The quantitative estimate of drug-likeness (QED) is 0.506. The summed E-state index contributed by atoms with van der Waals surface area (Å²) in [5.41, 5.74) is 6.31. The molecule has 0 atom stereocenters. The number of aromatic nitrogens is 2. The molecule has 0 spiro atoms. The predicted octanol–water partition coefficient (Wildman–Crippen LogP) is 2.74. The van der Waals surface area contributed by atoms with E-state index in [9.17, 15) is 10.1 Å². The molecule has 0 aliphatic heterocycles. The smallest absolute Gasteiger partial charge is 0.332 e. The van der Waals surface area contributed by atoms with Crippen LogP contribution in [0.3, 0.4) is 0 Å². The van der Waals surface area contributed by atoms with Gasteiger partial charge in [0.15, 0.2) is 0 Å². The van der Waals surface area contributed by atoms with E-state index in [0.29, 0.717) is 5.69 Å². The van der Waals surface area contributed by atoms with Gasteiger partial charge in [0, 0.05) is 10.6 Å². The van der Waals surface area contributed by atoms with E-state index in [1.165, 1.54) is 6.92 Å². The van der Waals surface area contributed by atoms with Gasteiger partial charge in [-0.05, 0) is 31.4 Å². The lowest BCUT2D eigenvalue weighted by Crippen LogP contribution is -2.06. The lowest BCUT2D eigenvalue weighted by molar-refractivity contribution is -0.385. The van der Waals surface area contributed by atoms with Crippen LogP contribution in [0.15, 0.2) is 29.2 Å². The first-order chi connectivity index (χ1) is 9.51. The van der Waals surface area contributed by atoms with Crippen LogP contribution in [0.1, 0.15) is 5.69 Å². The molecule has 7 nitrogen and oxygen atoms in total. The van der Waals surface area contributed by atoms with Gasteiger partial charge < -0.3 is 11.1 Å². The molecular formula is C12H13N5O2S. The maximum atomic E-state index is 11.1. The molecule has 0 unspecified atom stereocenters. The van der Waals surface area contributed by atoms with Crippen molar-refractivity contribution in [2.24, 2.45) is 0 Å². The van der Waals surface area contributed by atoms with Gasteiger partial charge in [0.2, 0.25) is 11.8 Å². The van der Waals surface area contributed by atoms with E-state index in [4.69, 9.17) is 5.73 Å². The Labute approximate surface area is 119 Å². The minimum absolute atomic E-state index is 0.00313. The van der Waals surface area contributed by atoms with Crippen LogP contribution < -0.4 is 11.1 Å². The summed E-state index contributed by atoms with van der Waals surface area (Å²) in [6, 6.07) is 7.49. The largest absolute Gasteiger partial charge is 0.368 e. The minimum atomic E-state index is -0.518. The Kier molecular flexibility index (Phi) is 4.04. The molecule has 3 N–H and O–H groups in total. The Morgan fingerprint density at radius 1 is 1.40 bits per heavy atom. The lowest BCUT2D eigenvalue weighted by atomic mass is 10.3. The van der Waals surface area contributed by atoms with Crippen LogP contribution in [0.5, 0.6) is 0 Å². The first-order valence-corrected chi connectivity index (χ1v) is 6.93. The van der Waals surface area contributed by atoms with E-state index in [2.05, 4.69) is 15.3 Å². The van der Waals surface area contributed by atoms with Crippen LogP contribution in [-0.4, -0.2) is 21.1 Å². The molecule has 0 amide bonds. The topological polar surface area (TPSA) is 107 Å². The first-order valence-electron chi connectivity index (χ1n) is 5.71. The van der Waals surface area contributed by atoms with Crippen LogP contribution in [0.25, 0.3) is 0 Å². The minimum Gasteiger partial charge on any atom is -0.368 e. The fraction of sp³-hybridized carbons (Fsp3) is 0.167. The van der Waals surface area contributed by atoms with E-state index >= 15 is 0 Å². The summed E-state index contributed by atoms with van der Waals surface area (Å²) in [7, 11) is 0. The number of nitrogens with zero attached hydrogens (tertiary/aromatic N) is 3. The van der Waals surface area contributed by atoms with Gasteiger partial charge in [0.05, 0.1) is 4.92 Å². The zero-order chi connectivity index (χ0) is 14.7. The number of nitrogen functional groups attached to an aromatic ring is 1. The van der Waals surface area contributed by atoms with Gasteiger partial charge in [0.25, 0.3) is 0 Å². The molecule has 8 heteroatoms. The molecule has 0 bridgehead atoms. The van der Waals surface area contributed by atoms with Crippen molar-refractivity contribution in [3.63, 3.8) is 0 Å². The van der Waals surface area contributed by atoms with E-state index in [1.54, 1.807) is 17.8 Å². The second kappa shape index (κ2) is 5.74. The van der Waals surface area contributed by atoms with Gasteiger partial charge in [-0.15, -0.1) is 11.8 Å². The molecule has 0 radical (unpaired) electrons. The van der Waals surface area contributed by atoms with Gasteiger partial charge in [-0.2, -0.15) is 4.98 Å². The lowest BCUT2D eigenvalue weighted by Gasteiger charge is -2.09. The highest BCUT2D eigenvalue weighted by Gasteiger charge is 2.21. The van der Waals surface area contributed by atoms with E-state index in [1.807, 2.05) is 24.5 Å². The third-order valence-corrected chi connectivity index (χ3v) is 3.32. The van der Waals surface area contributed by atoms with E-state index in [-0.39, 0.29) is 23.1 Å². The van der Waals surface area contributed by atoms with Crippen molar-refractivity contribution >= 4 is 34.9 Å². The highest BCUT2D eigenvalue weighted by molar-refractivity contribution is 7.98. The number of rotatable bonds is 4. The summed E-state index contributed by atoms with van der Waals surface area (Å²) in [6.45, 7) is 1.53. The van der Waals surface area contributed by atoms with Crippen LogP contribution in [0.2, 0.25) is 0 Å². The zero-order valence-corrected chi connectivity index (χ0v) is 11.8. The number of nitro groups is 1. The van der Waals surface area contributed by atoms with Crippen molar-refractivity contribution in [3.05, 3.63) is 40.1 Å². The number of anilines is 3. The first kappa shape index (κ1) is 14.1. The fourth-order valence-corrected chi connectivity index (χ4v) is 2.19. The Bertz CT molecular complexity index is 662. The molecule has 0 saturated heterocycles. The highest BCUT2D eigenvalue weighted by Crippen LogP contribution is 2.29. The van der Waals surface area contributed by atoms with Crippen LogP contribution in [0.4, 0.5) is 23.1 Å². The molecule has 0 aliphatic rings. The van der Waals surface area contributed by atoms with E-state index in [0.717, 1.165) is 4.90 Å². The van der Waals surface area contributed by atoms with Crippen molar-refractivity contribution < 1.29 is 4.92 Å². The van der Waals surface area contributed by atoms with Gasteiger partial charge in [-0.25, -0.2) is 4.98 Å². The molecular weight excluding hydrogens is 278 g/mol. The molecule has 2 rings (SSSR count). The van der Waals surface area contributed by atoms with E-state index < -0.39 is 4.92 Å². The monoisotopic (exact) mass is 291 g/mol. The van der Waals surface area contributed by atoms with Gasteiger partial charge in [-0.3, -0.25) is 10.1 Å². The summed E-state index contributed by atoms with van der Waals surface area (Å²) in [6.07, 6.45) is 1.95. The molecule has 20 heavy (non-hydrogen) atoms. The number of nitrogens with two attached hydrogens (primary N) is 1. The van der Waals surface area contributed by atoms with Crippen LogP contribution in [-0.2, 0) is 0 Å². The number of benzene rings is 1. The Hall–Kier alpha value is -2.35. The number of hydrogen-bond donors (Lipinski definition) is 2. The summed E-state index contributed by atoms with van der Waals surface area (Å²) in [5.74, 6) is 0.0925. The average Bonchev–Trinajstić information content (AvgIpc) is 2.37. The molecule has 1 aromatic carbocycles. The average molecular weight is 291 g/mol. The molecule has 104 valence electrons. The van der Waals surface area contributed by atoms with Crippen molar-refractivity contribution in [1.82, 2.24) is 9.97 Å². The predicted molar refractivity (Wildman–Crippen MR) is 79.3 cm³/mol. The second-order valence-electron chi connectivity index (χ2n) is 3.98. The number of thioether (sulfide) groups is 1. The Morgan fingerprint density at radius 2 is 2.15 bits per heavy atom. The molecule has 1 aromatic heterocycles. The normalized spacial score (nSPS) is 10.3. The van der Waals surface area contributed by atoms with Crippen molar-refractivity contribution in [3.8, 4) is 0 Å². The molecule has 0 fully saturated rings. The SMILES string of the molecule is CSc1cccc(Nc2nc(N)nc(C)c2[N+](=O)[O-])c1. The van der Waals surface area contributed by atoms with Crippen molar-refractivity contribution in [2.45, 2.75) is 11.8 Å².